The third kappa shape index (κ3) is 3.95. The average Bonchev–Trinajstić information content (AvgIpc) is 2.15. The molecule has 1 heterocycles. The highest BCUT2D eigenvalue weighted by atomic mass is 15.1. The molecule has 0 aliphatic carbocycles. The van der Waals surface area contributed by atoms with E-state index in [0.29, 0.717) is 6.54 Å². The summed E-state index contributed by atoms with van der Waals surface area (Å²) in [4.78, 5) is 2.42. The van der Waals surface area contributed by atoms with E-state index in [2.05, 4.69) is 31.1 Å². The second kappa shape index (κ2) is 5.10. The molecule has 0 bridgehead atoms. The molecule has 1 saturated heterocycles. The van der Waals surface area contributed by atoms with Gasteiger partial charge < -0.3 is 16.0 Å². The molecule has 0 aromatic carbocycles. The number of nitrogens with zero attached hydrogens (tertiary/aromatic N) is 1. The van der Waals surface area contributed by atoms with Crippen molar-refractivity contribution in [1.82, 2.24) is 10.2 Å². The fraction of sp³-hybridized carbons (Fsp3) is 1.00. The molecule has 1 aliphatic heterocycles. The van der Waals surface area contributed by atoms with E-state index in [1.807, 2.05) is 0 Å². The SMILES string of the molecule is CN1CCCC(CNC(C)(C)CN)C1. The highest BCUT2D eigenvalue weighted by Gasteiger charge is 2.20. The van der Waals surface area contributed by atoms with Crippen LogP contribution >= 0.6 is 0 Å². The van der Waals surface area contributed by atoms with Gasteiger partial charge in [0, 0.05) is 18.6 Å². The number of likely N-dealkylation sites (tertiary alicyclic amines) is 1. The maximum absolute atomic E-state index is 5.68. The summed E-state index contributed by atoms with van der Waals surface area (Å²) in [5, 5.41) is 3.55. The summed E-state index contributed by atoms with van der Waals surface area (Å²) in [6.45, 7) is 8.63. The van der Waals surface area contributed by atoms with Crippen molar-refractivity contribution in [2.24, 2.45) is 11.7 Å². The van der Waals surface area contributed by atoms with Crippen molar-refractivity contribution in [3.63, 3.8) is 0 Å². The number of hydrogen-bond acceptors (Lipinski definition) is 3. The number of hydrogen-bond donors (Lipinski definition) is 2. The molecule has 84 valence electrons. The molecule has 3 N–H and O–H groups in total. The van der Waals surface area contributed by atoms with E-state index in [9.17, 15) is 0 Å². The van der Waals surface area contributed by atoms with E-state index < -0.39 is 0 Å². The standard InChI is InChI=1S/C11H25N3/c1-11(2,9-12)13-7-10-5-4-6-14(3)8-10/h10,13H,4-9,12H2,1-3H3. The fourth-order valence-corrected chi connectivity index (χ4v) is 1.93. The van der Waals surface area contributed by atoms with Gasteiger partial charge in [0.2, 0.25) is 0 Å². The summed E-state index contributed by atoms with van der Waals surface area (Å²) in [7, 11) is 2.21. The zero-order valence-electron chi connectivity index (χ0n) is 9.84. The van der Waals surface area contributed by atoms with Gasteiger partial charge in [0.25, 0.3) is 0 Å². The molecular weight excluding hydrogens is 174 g/mol. The van der Waals surface area contributed by atoms with Gasteiger partial charge in [-0.15, -0.1) is 0 Å². The maximum atomic E-state index is 5.68. The summed E-state index contributed by atoms with van der Waals surface area (Å²) in [5.41, 5.74) is 5.77. The Bertz CT molecular complexity index is 168. The fourth-order valence-electron chi connectivity index (χ4n) is 1.93. The molecule has 1 rings (SSSR count). The van der Waals surface area contributed by atoms with Crippen molar-refractivity contribution in [3.8, 4) is 0 Å². The van der Waals surface area contributed by atoms with E-state index in [-0.39, 0.29) is 5.54 Å². The Morgan fingerprint density at radius 2 is 2.21 bits per heavy atom. The van der Waals surface area contributed by atoms with Crippen LogP contribution in [0.5, 0.6) is 0 Å². The first-order chi connectivity index (χ1) is 6.53. The minimum Gasteiger partial charge on any atom is -0.329 e. The molecule has 0 aromatic rings. The van der Waals surface area contributed by atoms with Gasteiger partial charge in [0.05, 0.1) is 0 Å². The molecule has 0 spiro atoms. The van der Waals surface area contributed by atoms with Crippen LogP contribution in [0.4, 0.5) is 0 Å². The molecule has 1 atom stereocenters. The maximum Gasteiger partial charge on any atom is 0.0247 e. The highest BCUT2D eigenvalue weighted by Crippen LogP contribution is 2.14. The van der Waals surface area contributed by atoms with Crippen molar-refractivity contribution in [3.05, 3.63) is 0 Å². The van der Waals surface area contributed by atoms with Crippen molar-refractivity contribution in [2.45, 2.75) is 32.2 Å². The second-order valence-electron chi connectivity index (χ2n) is 5.24. The lowest BCUT2D eigenvalue weighted by Crippen LogP contribution is -2.49. The predicted molar refractivity (Wildman–Crippen MR) is 61.4 cm³/mol. The second-order valence-corrected chi connectivity index (χ2v) is 5.24. The third-order valence-corrected chi connectivity index (χ3v) is 3.10. The molecule has 3 heteroatoms. The number of nitrogens with two attached hydrogens (primary N) is 1. The highest BCUT2D eigenvalue weighted by molar-refractivity contribution is 4.81. The average molecular weight is 199 g/mol. The molecule has 0 aromatic heterocycles. The molecule has 1 aliphatic rings. The van der Waals surface area contributed by atoms with Gasteiger partial charge in [-0.1, -0.05) is 0 Å². The van der Waals surface area contributed by atoms with Crippen molar-refractivity contribution < 1.29 is 0 Å². The number of piperidine rings is 1. The van der Waals surface area contributed by atoms with Gasteiger partial charge in [-0.05, 0) is 52.7 Å². The Balaban J connectivity index is 2.23. The smallest absolute Gasteiger partial charge is 0.0247 e. The molecular formula is C11H25N3. The van der Waals surface area contributed by atoms with Crippen molar-refractivity contribution in [1.29, 1.82) is 0 Å². The predicted octanol–water partition coefficient (Wildman–Crippen LogP) is 0.655. The topological polar surface area (TPSA) is 41.3 Å². The molecule has 0 radical (unpaired) electrons. The van der Waals surface area contributed by atoms with Crippen LogP contribution in [0.2, 0.25) is 0 Å². The minimum absolute atomic E-state index is 0.0933. The summed E-state index contributed by atoms with van der Waals surface area (Å²) >= 11 is 0. The lowest BCUT2D eigenvalue weighted by Gasteiger charge is -2.33. The van der Waals surface area contributed by atoms with Crippen LogP contribution in [0.1, 0.15) is 26.7 Å². The summed E-state index contributed by atoms with van der Waals surface area (Å²) in [5.74, 6) is 0.805. The van der Waals surface area contributed by atoms with Gasteiger partial charge in [-0.25, -0.2) is 0 Å². The summed E-state index contributed by atoms with van der Waals surface area (Å²) < 4.78 is 0. The Morgan fingerprint density at radius 1 is 1.50 bits per heavy atom. The van der Waals surface area contributed by atoms with Crippen LogP contribution in [0.15, 0.2) is 0 Å². The summed E-state index contributed by atoms with van der Waals surface area (Å²) in [6.07, 6.45) is 2.70. The van der Waals surface area contributed by atoms with Gasteiger partial charge in [-0.3, -0.25) is 0 Å². The van der Waals surface area contributed by atoms with Crippen LogP contribution in [-0.4, -0.2) is 43.7 Å². The van der Waals surface area contributed by atoms with E-state index in [0.717, 1.165) is 12.5 Å². The molecule has 0 saturated carbocycles. The number of nitrogens with one attached hydrogen (secondary N) is 1. The normalized spacial score (nSPS) is 25.3. The minimum atomic E-state index is 0.0933. The Kier molecular flexibility index (Phi) is 4.35. The molecule has 1 fully saturated rings. The van der Waals surface area contributed by atoms with Crippen LogP contribution in [0, 0.1) is 5.92 Å². The van der Waals surface area contributed by atoms with Crippen molar-refractivity contribution in [2.75, 3.05) is 33.2 Å². The number of rotatable bonds is 4. The molecule has 14 heavy (non-hydrogen) atoms. The lowest BCUT2D eigenvalue weighted by molar-refractivity contribution is 0.196. The van der Waals surface area contributed by atoms with Gasteiger partial charge >= 0.3 is 0 Å². The monoisotopic (exact) mass is 199 g/mol. The Labute approximate surface area is 88.0 Å². The lowest BCUT2D eigenvalue weighted by atomic mass is 9.96. The first-order valence-electron chi connectivity index (χ1n) is 5.67. The zero-order chi connectivity index (χ0) is 10.6. The van der Waals surface area contributed by atoms with E-state index in [1.54, 1.807) is 0 Å². The van der Waals surface area contributed by atoms with Gasteiger partial charge in [-0.2, -0.15) is 0 Å². The quantitative estimate of drug-likeness (QED) is 0.699. The van der Waals surface area contributed by atoms with E-state index in [1.165, 1.54) is 25.9 Å². The van der Waals surface area contributed by atoms with E-state index in [4.69, 9.17) is 5.73 Å². The third-order valence-electron chi connectivity index (χ3n) is 3.10. The Morgan fingerprint density at radius 3 is 2.79 bits per heavy atom. The zero-order valence-corrected chi connectivity index (χ0v) is 9.84. The van der Waals surface area contributed by atoms with Gasteiger partial charge in [0.15, 0.2) is 0 Å². The van der Waals surface area contributed by atoms with Gasteiger partial charge in [0.1, 0.15) is 0 Å². The van der Waals surface area contributed by atoms with Crippen LogP contribution in [-0.2, 0) is 0 Å². The van der Waals surface area contributed by atoms with Crippen LogP contribution in [0.25, 0.3) is 0 Å². The van der Waals surface area contributed by atoms with E-state index >= 15 is 0 Å². The molecule has 0 amide bonds. The van der Waals surface area contributed by atoms with Crippen LogP contribution in [0.3, 0.4) is 0 Å². The molecule has 3 nitrogen and oxygen atoms in total. The largest absolute Gasteiger partial charge is 0.329 e. The first-order valence-corrected chi connectivity index (χ1v) is 5.67. The first kappa shape index (κ1) is 12.0. The Hall–Kier alpha value is -0.120. The summed E-state index contributed by atoms with van der Waals surface area (Å²) in [6, 6.07) is 0. The van der Waals surface area contributed by atoms with Crippen LogP contribution < -0.4 is 11.1 Å². The van der Waals surface area contributed by atoms with Crippen molar-refractivity contribution >= 4 is 0 Å². The molecule has 1 unspecified atom stereocenters.